The Balaban J connectivity index is 1.36. The minimum atomic E-state index is -0.244. The lowest BCUT2D eigenvalue weighted by atomic mass is 9.60. The molecule has 1 aromatic heterocycles. The van der Waals surface area contributed by atoms with Gasteiger partial charge in [-0.1, -0.05) is 18.2 Å². The molecule has 9 nitrogen and oxygen atoms in total. The fourth-order valence-corrected chi connectivity index (χ4v) is 8.50. The van der Waals surface area contributed by atoms with Crippen LogP contribution in [0.1, 0.15) is 69.3 Å². The van der Waals surface area contributed by atoms with Crippen molar-refractivity contribution in [2.24, 2.45) is 10.8 Å². The first-order chi connectivity index (χ1) is 20.2. The maximum Gasteiger partial charge on any atom is 0.245 e. The number of nitrogens with two attached hydrogens (primary N) is 1. The van der Waals surface area contributed by atoms with E-state index in [0.717, 1.165) is 86.6 Å². The predicted molar refractivity (Wildman–Crippen MR) is 172 cm³/mol. The molecule has 4 fully saturated rings. The number of nitrogens with one attached hydrogen (secondary N) is 1. The molecule has 6 rings (SSSR count). The van der Waals surface area contributed by atoms with Gasteiger partial charge in [0.25, 0.3) is 0 Å². The molecule has 1 atom stereocenters. The number of amides is 1. The van der Waals surface area contributed by atoms with Crippen LogP contribution in [0.25, 0.3) is 11.1 Å². The van der Waals surface area contributed by atoms with Crippen molar-refractivity contribution < 1.29 is 4.79 Å². The van der Waals surface area contributed by atoms with Crippen molar-refractivity contribution in [3.05, 3.63) is 40.6 Å². The molecule has 3 saturated heterocycles. The average Bonchev–Trinajstić information content (AvgIpc) is 3.21. The van der Waals surface area contributed by atoms with Gasteiger partial charge in [0.2, 0.25) is 5.91 Å². The number of hydrogen-bond donors (Lipinski definition) is 2. The molecule has 4 aliphatic rings. The Morgan fingerprint density at radius 1 is 1.16 bits per heavy atom. The molecule has 3 aliphatic heterocycles. The van der Waals surface area contributed by atoms with E-state index in [0.29, 0.717) is 22.3 Å². The number of likely N-dealkylation sites (tertiary alicyclic amines) is 2. The highest BCUT2D eigenvalue weighted by atomic mass is 35.5. The SMILES string of the molecule is C=CC(=O)N1CC2(CC(n3nc(N4CCC(N5CC(C)(C#N)C5)CC4(C)C)c(-c4c(Cl)c(C)cc(N)c4C=N)c3C)C2)C1. The summed E-state index contributed by atoms with van der Waals surface area (Å²) in [5.74, 6) is 0.889. The number of benzene rings is 1. The first kappa shape index (κ1) is 29.7. The second-order valence-electron chi connectivity index (χ2n) is 14.4. The number of hydrogen-bond acceptors (Lipinski definition) is 7. The molecule has 3 N–H and O–H groups in total. The van der Waals surface area contributed by atoms with E-state index in [1.54, 1.807) is 0 Å². The van der Waals surface area contributed by atoms with Crippen LogP contribution in [0.4, 0.5) is 11.5 Å². The highest BCUT2D eigenvalue weighted by Gasteiger charge is 2.55. The molecule has 0 radical (unpaired) electrons. The van der Waals surface area contributed by atoms with Crippen LogP contribution in [0, 0.1) is 41.4 Å². The summed E-state index contributed by atoms with van der Waals surface area (Å²) in [5, 5.41) is 23.8. The van der Waals surface area contributed by atoms with Gasteiger partial charge in [0.1, 0.15) is 0 Å². The van der Waals surface area contributed by atoms with Crippen LogP contribution in [0.15, 0.2) is 18.7 Å². The van der Waals surface area contributed by atoms with Crippen molar-refractivity contribution in [3.8, 4) is 17.2 Å². The quantitative estimate of drug-likeness (QED) is 0.262. The smallest absolute Gasteiger partial charge is 0.245 e. The molecule has 228 valence electrons. The predicted octanol–water partition coefficient (Wildman–Crippen LogP) is 5.34. The molecule has 4 heterocycles. The fraction of sp³-hybridized carbons (Fsp3) is 0.576. The van der Waals surface area contributed by atoms with Gasteiger partial charge in [-0.3, -0.25) is 14.4 Å². The Hall–Kier alpha value is -3.35. The summed E-state index contributed by atoms with van der Waals surface area (Å²) in [6, 6.07) is 4.96. The third-order valence-corrected chi connectivity index (χ3v) is 11.1. The second-order valence-corrected chi connectivity index (χ2v) is 14.8. The van der Waals surface area contributed by atoms with Crippen LogP contribution >= 0.6 is 11.6 Å². The summed E-state index contributed by atoms with van der Waals surface area (Å²) in [7, 11) is 0. The molecular formula is C33H43ClN8O. The highest BCUT2D eigenvalue weighted by molar-refractivity contribution is 6.35. The minimum Gasteiger partial charge on any atom is -0.398 e. The zero-order valence-electron chi connectivity index (χ0n) is 26.0. The summed E-state index contributed by atoms with van der Waals surface area (Å²) in [6.45, 7) is 18.3. The minimum absolute atomic E-state index is 0.000815. The Morgan fingerprint density at radius 3 is 2.42 bits per heavy atom. The third-order valence-electron chi connectivity index (χ3n) is 10.6. The molecule has 1 aliphatic carbocycles. The van der Waals surface area contributed by atoms with Crippen molar-refractivity contribution in [3.63, 3.8) is 0 Å². The first-order valence-electron chi connectivity index (χ1n) is 15.3. The largest absolute Gasteiger partial charge is 0.398 e. The Labute approximate surface area is 259 Å². The van der Waals surface area contributed by atoms with Crippen LogP contribution in [0.3, 0.4) is 0 Å². The lowest BCUT2D eigenvalue weighted by molar-refractivity contribution is -0.149. The number of nitrogens with zero attached hydrogens (tertiary/aromatic N) is 6. The van der Waals surface area contributed by atoms with Gasteiger partial charge >= 0.3 is 0 Å². The number of aryl methyl sites for hydroxylation is 1. The number of nitrogen functional groups attached to an aromatic ring is 1. The van der Waals surface area contributed by atoms with Crippen LogP contribution in [0.5, 0.6) is 0 Å². The van der Waals surface area contributed by atoms with E-state index >= 15 is 0 Å². The molecule has 1 spiro atoms. The van der Waals surface area contributed by atoms with Gasteiger partial charge in [0.05, 0.1) is 22.5 Å². The number of carbonyl (C=O) groups is 1. The number of halogens is 1. The molecule has 10 heteroatoms. The Kier molecular flexibility index (Phi) is 6.98. The first-order valence-corrected chi connectivity index (χ1v) is 15.7. The summed E-state index contributed by atoms with van der Waals surface area (Å²) in [5.41, 5.74) is 11.0. The molecule has 1 aromatic carbocycles. The normalized spacial score (nSPS) is 24.1. The van der Waals surface area contributed by atoms with Crippen LogP contribution in [-0.2, 0) is 4.79 Å². The van der Waals surface area contributed by atoms with Gasteiger partial charge in [-0.2, -0.15) is 10.4 Å². The zero-order chi connectivity index (χ0) is 31.1. The third kappa shape index (κ3) is 4.65. The van der Waals surface area contributed by atoms with E-state index in [9.17, 15) is 10.1 Å². The molecule has 0 bridgehead atoms. The van der Waals surface area contributed by atoms with Gasteiger partial charge in [-0.05, 0) is 78.0 Å². The highest BCUT2D eigenvalue weighted by Crippen LogP contribution is 2.56. The van der Waals surface area contributed by atoms with E-state index in [1.165, 1.54) is 12.3 Å². The van der Waals surface area contributed by atoms with Crippen molar-refractivity contribution in [2.45, 2.75) is 77.9 Å². The second kappa shape index (κ2) is 10.1. The topological polar surface area (TPSA) is 118 Å². The summed E-state index contributed by atoms with van der Waals surface area (Å²) >= 11 is 7.05. The van der Waals surface area contributed by atoms with Crippen molar-refractivity contribution in [2.75, 3.05) is 43.4 Å². The molecule has 43 heavy (non-hydrogen) atoms. The average molecular weight is 603 g/mol. The molecular weight excluding hydrogens is 560 g/mol. The zero-order valence-corrected chi connectivity index (χ0v) is 26.8. The van der Waals surface area contributed by atoms with Gasteiger partial charge in [0, 0.05) is 84.0 Å². The lowest BCUT2D eigenvalue weighted by Crippen LogP contribution is -2.63. The number of piperidine rings is 1. The molecule has 1 amide bonds. The molecule has 1 saturated carbocycles. The van der Waals surface area contributed by atoms with E-state index in [4.69, 9.17) is 27.8 Å². The molecule has 1 unspecified atom stereocenters. The van der Waals surface area contributed by atoms with Gasteiger partial charge in [-0.15, -0.1) is 0 Å². The van der Waals surface area contributed by atoms with E-state index in [2.05, 4.69) is 47.9 Å². The lowest BCUT2D eigenvalue weighted by Gasteiger charge is -2.58. The van der Waals surface area contributed by atoms with E-state index in [-0.39, 0.29) is 28.3 Å². The fourth-order valence-electron chi connectivity index (χ4n) is 8.25. The Morgan fingerprint density at radius 2 is 1.84 bits per heavy atom. The Bertz CT molecular complexity index is 1550. The van der Waals surface area contributed by atoms with Gasteiger partial charge in [-0.25, -0.2) is 0 Å². The van der Waals surface area contributed by atoms with E-state index < -0.39 is 0 Å². The summed E-state index contributed by atoms with van der Waals surface area (Å²) in [6.07, 6.45) is 6.58. The number of carbonyl (C=O) groups excluding carboxylic acids is 1. The van der Waals surface area contributed by atoms with Crippen LogP contribution < -0.4 is 10.6 Å². The van der Waals surface area contributed by atoms with Crippen molar-refractivity contribution in [1.82, 2.24) is 19.6 Å². The maximum absolute atomic E-state index is 12.1. The van der Waals surface area contributed by atoms with Crippen LogP contribution in [0.2, 0.25) is 5.02 Å². The van der Waals surface area contributed by atoms with Crippen molar-refractivity contribution >= 4 is 35.2 Å². The maximum atomic E-state index is 12.1. The standard InChI is InChI=1S/C33H43ClN8O/c1-7-26(43)40-18-33(19-40)12-23(13-33)42-21(3)27(28-24(14-35)25(37)10-20(2)29(28)34)30(38-42)41-9-8-22(11-31(41,4)5)39-16-32(6,15-36)17-39/h7,10,14,22-23,35H,1,8-9,11-13,16-19,37H2,2-6H3. The summed E-state index contributed by atoms with van der Waals surface area (Å²) in [4.78, 5) is 18.8. The van der Waals surface area contributed by atoms with Gasteiger partial charge in [0.15, 0.2) is 5.82 Å². The van der Waals surface area contributed by atoms with Crippen molar-refractivity contribution in [1.29, 1.82) is 10.7 Å². The number of aromatic nitrogens is 2. The number of anilines is 2. The van der Waals surface area contributed by atoms with Crippen LogP contribution in [-0.4, -0.2) is 76.0 Å². The number of rotatable bonds is 6. The summed E-state index contributed by atoms with van der Waals surface area (Å²) < 4.78 is 2.17. The number of nitriles is 1. The van der Waals surface area contributed by atoms with E-state index in [1.807, 2.05) is 24.8 Å². The molecule has 2 aromatic rings. The van der Waals surface area contributed by atoms with Gasteiger partial charge < -0.3 is 20.9 Å². The monoisotopic (exact) mass is 602 g/mol.